The van der Waals surface area contributed by atoms with Crippen LogP contribution in [0.4, 0.5) is 14.6 Å². The minimum absolute atomic E-state index is 0.00239. The van der Waals surface area contributed by atoms with Crippen molar-refractivity contribution in [2.75, 3.05) is 5.73 Å². The van der Waals surface area contributed by atoms with E-state index >= 15 is 0 Å². The van der Waals surface area contributed by atoms with Crippen LogP contribution in [0.15, 0.2) is 36.7 Å². The average molecular weight is 308 g/mol. The van der Waals surface area contributed by atoms with Crippen molar-refractivity contribution in [2.45, 2.75) is 19.6 Å². The van der Waals surface area contributed by atoms with Crippen LogP contribution in [0.5, 0.6) is 5.75 Å². The Balaban J connectivity index is 2.17. The monoisotopic (exact) mass is 308 g/mol. The van der Waals surface area contributed by atoms with Crippen molar-refractivity contribution in [1.29, 1.82) is 0 Å². The molecule has 1 heterocycles. The molecule has 116 valence electrons. The zero-order valence-electron chi connectivity index (χ0n) is 11.7. The van der Waals surface area contributed by atoms with Crippen molar-refractivity contribution in [1.82, 2.24) is 15.3 Å². The molecular formula is C14H14F2N4O2. The number of nitrogen functional groups attached to an aromatic ring is 1. The topological polar surface area (TPSA) is 90.1 Å². The van der Waals surface area contributed by atoms with Crippen molar-refractivity contribution < 1.29 is 18.3 Å². The van der Waals surface area contributed by atoms with Gasteiger partial charge in [0.25, 0.3) is 5.91 Å². The summed E-state index contributed by atoms with van der Waals surface area (Å²) in [5.74, 6) is -0.563. The lowest BCUT2D eigenvalue weighted by Crippen LogP contribution is -2.29. The number of para-hydroxylation sites is 1. The van der Waals surface area contributed by atoms with E-state index in [1.807, 2.05) is 0 Å². The zero-order valence-corrected chi connectivity index (χ0v) is 11.7. The maximum absolute atomic E-state index is 12.4. The summed E-state index contributed by atoms with van der Waals surface area (Å²) >= 11 is 0. The van der Waals surface area contributed by atoms with E-state index in [-0.39, 0.29) is 17.3 Å². The van der Waals surface area contributed by atoms with Crippen LogP contribution < -0.4 is 15.8 Å². The average Bonchev–Trinajstić information content (AvgIpc) is 2.47. The van der Waals surface area contributed by atoms with Crippen molar-refractivity contribution in [3.05, 3.63) is 47.9 Å². The second-order valence-electron chi connectivity index (χ2n) is 4.40. The summed E-state index contributed by atoms with van der Waals surface area (Å²) in [5, 5.41) is 2.62. The predicted octanol–water partition coefficient (Wildman–Crippen LogP) is 2.15. The number of rotatable bonds is 5. The lowest BCUT2D eigenvalue weighted by atomic mass is 10.1. The Hall–Kier alpha value is -2.77. The second-order valence-corrected chi connectivity index (χ2v) is 4.40. The first-order valence-corrected chi connectivity index (χ1v) is 6.40. The number of ether oxygens (including phenoxy) is 1. The Morgan fingerprint density at radius 1 is 1.27 bits per heavy atom. The quantitative estimate of drug-likeness (QED) is 0.883. The van der Waals surface area contributed by atoms with Gasteiger partial charge in [0.2, 0.25) is 0 Å². The summed E-state index contributed by atoms with van der Waals surface area (Å²) in [4.78, 5) is 19.7. The van der Waals surface area contributed by atoms with Gasteiger partial charge in [-0.1, -0.05) is 18.2 Å². The molecule has 6 nitrogen and oxygen atoms in total. The molecule has 8 heteroatoms. The fourth-order valence-corrected chi connectivity index (χ4v) is 1.91. The minimum atomic E-state index is -2.94. The molecule has 0 saturated heterocycles. The summed E-state index contributed by atoms with van der Waals surface area (Å²) in [7, 11) is 0. The van der Waals surface area contributed by atoms with Crippen molar-refractivity contribution in [3.63, 3.8) is 0 Å². The number of aromatic nitrogens is 2. The molecule has 1 amide bonds. The van der Waals surface area contributed by atoms with Crippen LogP contribution in [0.25, 0.3) is 0 Å². The van der Waals surface area contributed by atoms with Crippen LogP contribution in [0.1, 0.15) is 29.0 Å². The molecule has 1 aromatic heterocycles. The second kappa shape index (κ2) is 6.79. The third-order valence-electron chi connectivity index (χ3n) is 2.89. The minimum Gasteiger partial charge on any atom is -0.434 e. The third kappa shape index (κ3) is 3.66. The lowest BCUT2D eigenvalue weighted by Gasteiger charge is -2.18. The molecule has 0 radical (unpaired) electrons. The van der Waals surface area contributed by atoms with Crippen LogP contribution in [0.3, 0.4) is 0 Å². The largest absolute Gasteiger partial charge is 0.434 e. The van der Waals surface area contributed by atoms with Crippen LogP contribution in [-0.2, 0) is 0 Å². The van der Waals surface area contributed by atoms with E-state index in [0.717, 1.165) is 0 Å². The van der Waals surface area contributed by atoms with Gasteiger partial charge in [0.05, 0.1) is 6.04 Å². The van der Waals surface area contributed by atoms with E-state index in [4.69, 9.17) is 5.73 Å². The van der Waals surface area contributed by atoms with Crippen molar-refractivity contribution in [3.8, 4) is 5.75 Å². The number of amides is 1. The van der Waals surface area contributed by atoms with Gasteiger partial charge in [0, 0.05) is 18.0 Å². The summed E-state index contributed by atoms with van der Waals surface area (Å²) < 4.78 is 29.2. The van der Waals surface area contributed by atoms with Gasteiger partial charge in [-0.25, -0.2) is 9.97 Å². The van der Waals surface area contributed by atoms with Gasteiger partial charge in [-0.05, 0) is 13.0 Å². The highest BCUT2D eigenvalue weighted by atomic mass is 19.3. The Kier molecular flexibility index (Phi) is 4.82. The van der Waals surface area contributed by atoms with Crippen molar-refractivity contribution in [2.24, 2.45) is 0 Å². The number of carbonyl (C=O) groups is 1. The van der Waals surface area contributed by atoms with Gasteiger partial charge in [0.1, 0.15) is 5.75 Å². The number of hydrogen-bond acceptors (Lipinski definition) is 5. The Morgan fingerprint density at radius 2 is 1.95 bits per heavy atom. The van der Waals surface area contributed by atoms with Crippen LogP contribution in [-0.4, -0.2) is 22.5 Å². The number of benzene rings is 1. The Labute approximate surface area is 125 Å². The van der Waals surface area contributed by atoms with E-state index in [2.05, 4.69) is 20.0 Å². The van der Waals surface area contributed by atoms with E-state index in [1.54, 1.807) is 25.1 Å². The molecular weight excluding hydrogens is 294 g/mol. The molecule has 0 aliphatic carbocycles. The number of halogens is 2. The smallest absolute Gasteiger partial charge is 0.387 e. The van der Waals surface area contributed by atoms with Crippen molar-refractivity contribution >= 4 is 11.7 Å². The zero-order chi connectivity index (χ0) is 16.1. The molecule has 0 aliphatic rings. The fourth-order valence-electron chi connectivity index (χ4n) is 1.91. The molecule has 22 heavy (non-hydrogen) atoms. The van der Waals surface area contributed by atoms with Gasteiger partial charge in [-0.3, -0.25) is 4.79 Å². The van der Waals surface area contributed by atoms with Gasteiger partial charge < -0.3 is 15.8 Å². The fraction of sp³-hybridized carbons (Fsp3) is 0.214. The van der Waals surface area contributed by atoms with Crippen LogP contribution in [0.2, 0.25) is 0 Å². The highest BCUT2D eigenvalue weighted by Gasteiger charge is 2.19. The molecule has 0 spiro atoms. The number of carbonyl (C=O) groups excluding carboxylic acids is 1. The first kappa shape index (κ1) is 15.6. The first-order chi connectivity index (χ1) is 10.5. The van der Waals surface area contributed by atoms with Gasteiger partial charge in [-0.2, -0.15) is 8.78 Å². The molecule has 0 bridgehead atoms. The normalized spacial score (nSPS) is 12.0. The van der Waals surface area contributed by atoms with E-state index in [9.17, 15) is 13.6 Å². The lowest BCUT2D eigenvalue weighted by molar-refractivity contribution is -0.0506. The molecule has 1 atom stereocenters. The standard InChI is InChI=1S/C14H14F2N4O2/c1-8(9-4-2-3-5-10(9)22-14(15)16)20-13(21)11-12(17)19-7-6-18-11/h2-8,14H,1H3,(H2,17,19)(H,20,21). The molecule has 1 unspecified atom stereocenters. The number of nitrogens with two attached hydrogens (primary N) is 1. The number of nitrogens with one attached hydrogen (secondary N) is 1. The van der Waals surface area contributed by atoms with E-state index in [0.29, 0.717) is 5.56 Å². The highest BCUT2D eigenvalue weighted by Crippen LogP contribution is 2.26. The third-order valence-corrected chi connectivity index (χ3v) is 2.89. The first-order valence-electron chi connectivity index (χ1n) is 6.40. The number of nitrogens with zero attached hydrogens (tertiary/aromatic N) is 2. The van der Waals surface area contributed by atoms with Gasteiger partial charge >= 0.3 is 6.61 Å². The molecule has 1 aromatic carbocycles. The number of anilines is 1. The number of alkyl halides is 2. The Bertz CT molecular complexity index is 667. The van der Waals surface area contributed by atoms with Gasteiger partial charge in [0.15, 0.2) is 11.5 Å². The molecule has 2 aromatic rings. The summed E-state index contributed by atoms with van der Waals surface area (Å²) in [6, 6.07) is 5.64. The molecule has 2 rings (SSSR count). The molecule has 0 fully saturated rings. The number of hydrogen-bond donors (Lipinski definition) is 2. The van der Waals surface area contributed by atoms with Crippen LogP contribution in [0, 0.1) is 0 Å². The van der Waals surface area contributed by atoms with E-state index < -0.39 is 18.6 Å². The maximum atomic E-state index is 12.4. The van der Waals surface area contributed by atoms with Crippen LogP contribution >= 0.6 is 0 Å². The summed E-state index contributed by atoms with van der Waals surface area (Å²) in [5.41, 5.74) is 5.96. The summed E-state index contributed by atoms with van der Waals surface area (Å²) in [6.07, 6.45) is 2.70. The molecule has 0 aliphatic heterocycles. The Morgan fingerprint density at radius 3 is 2.64 bits per heavy atom. The summed E-state index contributed by atoms with van der Waals surface area (Å²) in [6.45, 7) is -1.31. The maximum Gasteiger partial charge on any atom is 0.387 e. The molecule has 3 N–H and O–H groups in total. The highest BCUT2D eigenvalue weighted by molar-refractivity contribution is 5.96. The predicted molar refractivity (Wildman–Crippen MR) is 75.4 cm³/mol. The van der Waals surface area contributed by atoms with E-state index in [1.165, 1.54) is 18.5 Å². The van der Waals surface area contributed by atoms with Gasteiger partial charge in [-0.15, -0.1) is 0 Å². The molecule has 0 saturated carbocycles. The SMILES string of the molecule is CC(NC(=O)c1nccnc1N)c1ccccc1OC(F)F.